The van der Waals surface area contributed by atoms with Crippen LogP contribution < -0.4 is 5.32 Å². The molecule has 0 aliphatic carbocycles. The van der Waals surface area contributed by atoms with E-state index in [1.807, 2.05) is 0 Å². The monoisotopic (exact) mass is 325 g/mol. The quantitative estimate of drug-likeness (QED) is 0.909. The van der Waals surface area contributed by atoms with E-state index >= 15 is 0 Å². The fraction of sp³-hybridized carbons (Fsp3) is 0.467. The Bertz CT molecular complexity index is 521. The van der Waals surface area contributed by atoms with Gasteiger partial charge in [0.1, 0.15) is 0 Å². The van der Waals surface area contributed by atoms with Crippen LogP contribution in [0.1, 0.15) is 13.3 Å². The number of amides is 3. The molecule has 0 spiro atoms. The molecule has 22 heavy (non-hydrogen) atoms. The van der Waals surface area contributed by atoms with Gasteiger partial charge in [-0.25, -0.2) is 9.59 Å². The van der Waals surface area contributed by atoms with Crippen LogP contribution in [0.4, 0.5) is 15.3 Å². The van der Waals surface area contributed by atoms with Crippen LogP contribution in [0, 0.1) is 0 Å². The van der Waals surface area contributed by atoms with Crippen LogP contribution in [0.3, 0.4) is 0 Å². The average molecular weight is 326 g/mol. The van der Waals surface area contributed by atoms with Crippen LogP contribution in [0.15, 0.2) is 24.3 Å². The Balaban J connectivity index is 1.88. The number of carbonyl (C=O) groups excluding carboxylic acids is 2. The number of anilines is 1. The SMILES string of the molecule is CCOC(=O)N1CCCN(C(=O)Nc2ccc(Cl)cc2)CC1. The Morgan fingerprint density at radius 2 is 1.77 bits per heavy atom. The molecular weight excluding hydrogens is 306 g/mol. The van der Waals surface area contributed by atoms with Crippen molar-refractivity contribution in [2.45, 2.75) is 13.3 Å². The van der Waals surface area contributed by atoms with Crippen molar-refractivity contribution >= 4 is 29.4 Å². The maximum Gasteiger partial charge on any atom is 0.409 e. The highest BCUT2D eigenvalue weighted by Crippen LogP contribution is 2.14. The van der Waals surface area contributed by atoms with Gasteiger partial charge < -0.3 is 19.9 Å². The third kappa shape index (κ3) is 4.53. The molecule has 1 saturated heterocycles. The minimum atomic E-state index is -0.317. The van der Waals surface area contributed by atoms with Gasteiger partial charge in [0.25, 0.3) is 0 Å². The summed E-state index contributed by atoms with van der Waals surface area (Å²) >= 11 is 5.82. The first-order valence-electron chi connectivity index (χ1n) is 7.33. The van der Waals surface area contributed by atoms with Crippen molar-refractivity contribution in [3.8, 4) is 0 Å². The number of benzene rings is 1. The summed E-state index contributed by atoms with van der Waals surface area (Å²) in [5, 5.41) is 3.45. The Hall–Kier alpha value is -1.95. The highest BCUT2D eigenvalue weighted by Gasteiger charge is 2.22. The normalized spacial score (nSPS) is 15.2. The molecular formula is C15H20ClN3O3. The summed E-state index contributed by atoms with van der Waals surface area (Å²) in [6.07, 6.45) is 0.412. The molecule has 7 heteroatoms. The van der Waals surface area contributed by atoms with Crippen LogP contribution in [0.5, 0.6) is 0 Å². The summed E-state index contributed by atoms with van der Waals surface area (Å²) in [5.41, 5.74) is 0.695. The molecule has 0 radical (unpaired) electrons. The Morgan fingerprint density at radius 1 is 1.14 bits per heavy atom. The minimum Gasteiger partial charge on any atom is -0.450 e. The molecule has 0 atom stereocenters. The molecule has 1 N–H and O–H groups in total. The van der Waals surface area contributed by atoms with Gasteiger partial charge in [-0.05, 0) is 37.6 Å². The highest BCUT2D eigenvalue weighted by atomic mass is 35.5. The standard InChI is InChI=1S/C15H20ClN3O3/c1-2-22-15(21)19-9-3-8-18(10-11-19)14(20)17-13-6-4-12(16)5-7-13/h4-7H,2-3,8-11H2,1H3,(H,17,20). The van der Waals surface area contributed by atoms with E-state index in [1.165, 1.54) is 0 Å². The maximum absolute atomic E-state index is 12.3. The lowest BCUT2D eigenvalue weighted by atomic mass is 10.3. The average Bonchev–Trinajstić information content (AvgIpc) is 2.76. The van der Waals surface area contributed by atoms with Gasteiger partial charge in [-0.15, -0.1) is 0 Å². The summed E-state index contributed by atoms with van der Waals surface area (Å²) < 4.78 is 4.99. The second kappa shape index (κ2) is 7.89. The van der Waals surface area contributed by atoms with Crippen molar-refractivity contribution in [2.75, 3.05) is 38.1 Å². The lowest BCUT2D eigenvalue weighted by molar-refractivity contribution is 0.109. The number of hydrogen-bond donors (Lipinski definition) is 1. The van der Waals surface area contributed by atoms with E-state index in [9.17, 15) is 9.59 Å². The molecule has 6 nitrogen and oxygen atoms in total. The number of halogens is 1. The predicted octanol–water partition coefficient (Wildman–Crippen LogP) is 3.04. The molecule has 1 heterocycles. The van der Waals surface area contributed by atoms with Crippen molar-refractivity contribution in [1.82, 2.24) is 9.80 Å². The van der Waals surface area contributed by atoms with Crippen molar-refractivity contribution in [3.05, 3.63) is 29.3 Å². The second-order valence-corrected chi connectivity index (χ2v) is 5.40. The van der Waals surface area contributed by atoms with Gasteiger partial charge in [-0.3, -0.25) is 0 Å². The number of nitrogens with zero attached hydrogens (tertiary/aromatic N) is 2. The number of nitrogens with one attached hydrogen (secondary N) is 1. The van der Waals surface area contributed by atoms with Crippen LogP contribution in [-0.4, -0.2) is 54.7 Å². The van der Waals surface area contributed by atoms with Crippen LogP contribution in [-0.2, 0) is 4.74 Å². The van der Waals surface area contributed by atoms with E-state index in [0.29, 0.717) is 43.5 Å². The van der Waals surface area contributed by atoms with E-state index in [2.05, 4.69) is 5.32 Å². The number of urea groups is 1. The summed E-state index contributed by atoms with van der Waals surface area (Å²) in [7, 11) is 0. The first-order chi connectivity index (χ1) is 10.6. The molecule has 0 aromatic heterocycles. The number of hydrogen-bond acceptors (Lipinski definition) is 3. The fourth-order valence-corrected chi connectivity index (χ4v) is 2.38. The second-order valence-electron chi connectivity index (χ2n) is 4.96. The number of rotatable bonds is 2. The number of ether oxygens (including phenoxy) is 1. The zero-order chi connectivity index (χ0) is 15.9. The van der Waals surface area contributed by atoms with E-state index in [0.717, 1.165) is 6.42 Å². The van der Waals surface area contributed by atoms with Crippen molar-refractivity contribution in [2.24, 2.45) is 0 Å². The van der Waals surface area contributed by atoms with Gasteiger partial charge >= 0.3 is 12.1 Å². The molecule has 1 aliphatic heterocycles. The van der Waals surface area contributed by atoms with Crippen molar-refractivity contribution in [3.63, 3.8) is 0 Å². The van der Waals surface area contributed by atoms with Gasteiger partial charge in [0, 0.05) is 36.9 Å². The summed E-state index contributed by atoms with van der Waals surface area (Å²) in [6, 6.07) is 6.78. The lowest BCUT2D eigenvalue weighted by Crippen LogP contribution is -2.39. The van der Waals surface area contributed by atoms with E-state index in [1.54, 1.807) is 41.0 Å². The maximum atomic E-state index is 12.3. The molecule has 0 bridgehead atoms. The van der Waals surface area contributed by atoms with E-state index in [4.69, 9.17) is 16.3 Å². The molecule has 1 aliphatic rings. The van der Waals surface area contributed by atoms with Crippen LogP contribution >= 0.6 is 11.6 Å². The zero-order valence-corrected chi connectivity index (χ0v) is 13.3. The van der Waals surface area contributed by atoms with Gasteiger partial charge in [0.2, 0.25) is 0 Å². The Labute approximate surface area is 135 Å². The van der Waals surface area contributed by atoms with E-state index in [-0.39, 0.29) is 12.1 Å². The van der Waals surface area contributed by atoms with Gasteiger partial charge in [-0.1, -0.05) is 11.6 Å². The zero-order valence-electron chi connectivity index (χ0n) is 12.5. The molecule has 120 valence electrons. The summed E-state index contributed by atoms with van der Waals surface area (Å²) in [4.78, 5) is 27.3. The molecule has 3 amide bonds. The molecule has 2 rings (SSSR count). The smallest absolute Gasteiger partial charge is 0.409 e. The molecule has 0 saturated carbocycles. The highest BCUT2D eigenvalue weighted by molar-refractivity contribution is 6.30. The lowest BCUT2D eigenvalue weighted by Gasteiger charge is -2.22. The van der Waals surface area contributed by atoms with Gasteiger partial charge in [0.15, 0.2) is 0 Å². The van der Waals surface area contributed by atoms with Gasteiger partial charge in [0.05, 0.1) is 6.61 Å². The molecule has 1 aromatic carbocycles. The number of carbonyl (C=O) groups is 2. The third-order valence-electron chi connectivity index (χ3n) is 3.40. The fourth-order valence-electron chi connectivity index (χ4n) is 2.25. The topological polar surface area (TPSA) is 61.9 Å². The molecule has 0 unspecified atom stereocenters. The largest absolute Gasteiger partial charge is 0.450 e. The molecule has 1 aromatic rings. The first-order valence-corrected chi connectivity index (χ1v) is 7.71. The summed E-state index contributed by atoms with van der Waals surface area (Å²) in [5.74, 6) is 0. The Kier molecular flexibility index (Phi) is 5.89. The van der Waals surface area contributed by atoms with Crippen molar-refractivity contribution in [1.29, 1.82) is 0 Å². The van der Waals surface area contributed by atoms with E-state index < -0.39 is 0 Å². The third-order valence-corrected chi connectivity index (χ3v) is 3.66. The van der Waals surface area contributed by atoms with Crippen molar-refractivity contribution < 1.29 is 14.3 Å². The first kappa shape index (κ1) is 16.4. The molecule has 1 fully saturated rings. The van der Waals surface area contributed by atoms with Gasteiger partial charge in [-0.2, -0.15) is 0 Å². The van der Waals surface area contributed by atoms with Crippen LogP contribution in [0.2, 0.25) is 5.02 Å². The summed E-state index contributed by atoms with van der Waals surface area (Å²) in [6.45, 7) is 4.31. The predicted molar refractivity (Wildman–Crippen MR) is 85.3 cm³/mol. The Morgan fingerprint density at radius 3 is 2.45 bits per heavy atom. The minimum absolute atomic E-state index is 0.173. The van der Waals surface area contributed by atoms with Crippen LogP contribution in [0.25, 0.3) is 0 Å².